The van der Waals surface area contributed by atoms with Crippen LogP contribution in [0, 0.1) is 0 Å². The van der Waals surface area contributed by atoms with Gasteiger partial charge in [0.1, 0.15) is 12.4 Å². The van der Waals surface area contributed by atoms with E-state index in [2.05, 4.69) is 10.1 Å². The van der Waals surface area contributed by atoms with Gasteiger partial charge in [0.15, 0.2) is 6.54 Å². The third kappa shape index (κ3) is 3.23. The van der Waals surface area contributed by atoms with Gasteiger partial charge in [0.2, 0.25) is 6.33 Å². The van der Waals surface area contributed by atoms with Crippen molar-refractivity contribution in [1.82, 2.24) is 4.57 Å². The number of para-hydroxylation sites is 1. The number of esters is 1. The Hall–Kier alpha value is -2.63. The molecule has 0 fully saturated rings. The molecule has 20 heavy (non-hydrogen) atoms. The van der Waals surface area contributed by atoms with Crippen molar-refractivity contribution in [2.45, 2.75) is 6.54 Å². The molecule has 2 aromatic rings. The van der Waals surface area contributed by atoms with Crippen molar-refractivity contribution in [3.05, 3.63) is 48.5 Å². The number of hydrogen-bond donors (Lipinski definition) is 1. The van der Waals surface area contributed by atoms with Gasteiger partial charge in [0, 0.05) is 0 Å². The van der Waals surface area contributed by atoms with E-state index in [1.54, 1.807) is 41.4 Å². The van der Waals surface area contributed by atoms with Gasteiger partial charge in [0.25, 0.3) is 5.91 Å². The summed E-state index contributed by atoms with van der Waals surface area (Å²) in [6, 6.07) is 6.74. The summed E-state index contributed by atoms with van der Waals surface area (Å²) < 4.78 is 8.27. The Morgan fingerprint density at radius 1 is 1.35 bits per heavy atom. The average Bonchev–Trinajstić information content (AvgIpc) is 2.83. The molecule has 0 radical (unpaired) electrons. The number of imidazole rings is 1. The second-order valence-corrected chi connectivity index (χ2v) is 4.34. The van der Waals surface area contributed by atoms with Crippen LogP contribution in [-0.4, -0.2) is 23.6 Å². The topological polar surface area (TPSA) is 64.2 Å². The van der Waals surface area contributed by atoms with Crippen molar-refractivity contribution in [1.29, 1.82) is 0 Å². The van der Waals surface area contributed by atoms with Gasteiger partial charge >= 0.3 is 5.97 Å². The van der Waals surface area contributed by atoms with E-state index in [-0.39, 0.29) is 12.5 Å². The molecular formula is C14H16N3O3+. The minimum atomic E-state index is -0.478. The average molecular weight is 274 g/mol. The summed E-state index contributed by atoms with van der Waals surface area (Å²) in [5.74, 6) is -0.689. The van der Waals surface area contributed by atoms with E-state index in [4.69, 9.17) is 0 Å². The number of hydrogen-bond acceptors (Lipinski definition) is 3. The van der Waals surface area contributed by atoms with Crippen molar-refractivity contribution in [2.24, 2.45) is 7.05 Å². The van der Waals surface area contributed by atoms with Crippen LogP contribution in [0.1, 0.15) is 10.4 Å². The van der Waals surface area contributed by atoms with Crippen LogP contribution in [0.15, 0.2) is 43.0 Å². The molecule has 6 nitrogen and oxygen atoms in total. The number of benzene rings is 1. The van der Waals surface area contributed by atoms with Gasteiger partial charge in [-0.3, -0.25) is 4.79 Å². The lowest BCUT2D eigenvalue weighted by atomic mass is 10.2. The second kappa shape index (κ2) is 6.01. The predicted molar refractivity (Wildman–Crippen MR) is 72.0 cm³/mol. The van der Waals surface area contributed by atoms with E-state index in [0.29, 0.717) is 11.3 Å². The fourth-order valence-electron chi connectivity index (χ4n) is 1.83. The van der Waals surface area contributed by atoms with Crippen LogP contribution in [0.25, 0.3) is 0 Å². The number of carbonyl (C=O) groups is 2. The predicted octanol–water partition coefficient (Wildman–Crippen LogP) is 0.738. The minimum Gasteiger partial charge on any atom is -0.465 e. The largest absolute Gasteiger partial charge is 0.465 e. The first-order valence-corrected chi connectivity index (χ1v) is 6.08. The number of amides is 1. The molecule has 1 aromatic carbocycles. The number of anilines is 1. The fraction of sp³-hybridized carbons (Fsp3) is 0.214. The summed E-state index contributed by atoms with van der Waals surface area (Å²) in [6.07, 6.45) is 5.44. The molecule has 1 heterocycles. The number of ether oxygens (including phenoxy) is 1. The zero-order valence-electron chi connectivity index (χ0n) is 11.4. The van der Waals surface area contributed by atoms with Crippen molar-refractivity contribution in [3.8, 4) is 0 Å². The molecule has 0 saturated heterocycles. The number of aryl methyl sites for hydroxylation is 1. The van der Waals surface area contributed by atoms with Crippen molar-refractivity contribution >= 4 is 17.6 Å². The first kappa shape index (κ1) is 13.8. The Bertz CT molecular complexity index is 634. The number of nitrogens with zero attached hydrogens (tertiary/aromatic N) is 2. The van der Waals surface area contributed by atoms with E-state index in [1.807, 2.05) is 17.8 Å². The third-order valence-electron chi connectivity index (χ3n) is 2.76. The molecule has 104 valence electrons. The molecule has 1 amide bonds. The summed E-state index contributed by atoms with van der Waals surface area (Å²) >= 11 is 0. The van der Waals surface area contributed by atoms with Crippen molar-refractivity contribution in [3.63, 3.8) is 0 Å². The lowest BCUT2D eigenvalue weighted by Gasteiger charge is -2.08. The highest BCUT2D eigenvalue weighted by Crippen LogP contribution is 2.15. The van der Waals surface area contributed by atoms with Gasteiger partial charge in [-0.15, -0.1) is 0 Å². The number of carbonyl (C=O) groups excluding carboxylic acids is 2. The van der Waals surface area contributed by atoms with Crippen LogP contribution in [0.2, 0.25) is 0 Å². The zero-order chi connectivity index (χ0) is 14.5. The monoisotopic (exact) mass is 274 g/mol. The maximum Gasteiger partial charge on any atom is 0.339 e. The first-order valence-electron chi connectivity index (χ1n) is 6.08. The molecule has 0 atom stereocenters. The summed E-state index contributed by atoms with van der Waals surface area (Å²) in [5.41, 5.74) is 0.780. The van der Waals surface area contributed by atoms with E-state index >= 15 is 0 Å². The minimum absolute atomic E-state index is 0.177. The van der Waals surface area contributed by atoms with Gasteiger partial charge < -0.3 is 10.1 Å². The Kier molecular flexibility index (Phi) is 4.14. The van der Waals surface area contributed by atoms with E-state index in [1.165, 1.54) is 7.11 Å². The lowest BCUT2D eigenvalue weighted by molar-refractivity contribution is -0.671. The summed E-state index contributed by atoms with van der Waals surface area (Å²) in [4.78, 5) is 23.6. The van der Waals surface area contributed by atoms with E-state index < -0.39 is 5.97 Å². The highest BCUT2D eigenvalue weighted by Gasteiger charge is 2.14. The van der Waals surface area contributed by atoms with E-state index in [9.17, 15) is 9.59 Å². The molecule has 0 aliphatic heterocycles. The highest BCUT2D eigenvalue weighted by atomic mass is 16.5. The molecule has 0 saturated carbocycles. The van der Waals surface area contributed by atoms with Gasteiger partial charge in [0.05, 0.1) is 25.4 Å². The molecule has 2 rings (SSSR count). The maximum atomic E-state index is 12.0. The van der Waals surface area contributed by atoms with Crippen LogP contribution in [-0.2, 0) is 23.1 Å². The summed E-state index contributed by atoms with van der Waals surface area (Å²) in [7, 11) is 3.18. The number of methoxy groups -OCH3 is 1. The molecular weight excluding hydrogens is 258 g/mol. The van der Waals surface area contributed by atoms with Gasteiger partial charge in [-0.05, 0) is 12.1 Å². The molecule has 6 heteroatoms. The molecule has 0 aliphatic rings. The smallest absolute Gasteiger partial charge is 0.339 e. The molecule has 0 spiro atoms. The van der Waals surface area contributed by atoms with Crippen LogP contribution in [0.3, 0.4) is 0 Å². The normalized spacial score (nSPS) is 10.1. The van der Waals surface area contributed by atoms with E-state index in [0.717, 1.165) is 0 Å². The number of aromatic nitrogens is 2. The molecule has 1 N–H and O–H groups in total. The molecule has 0 aliphatic carbocycles. The zero-order valence-corrected chi connectivity index (χ0v) is 11.4. The third-order valence-corrected chi connectivity index (χ3v) is 2.76. The lowest BCUT2D eigenvalue weighted by Crippen LogP contribution is -2.25. The quantitative estimate of drug-likeness (QED) is 0.660. The van der Waals surface area contributed by atoms with Crippen LogP contribution >= 0.6 is 0 Å². The van der Waals surface area contributed by atoms with Crippen LogP contribution in [0.5, 0.6) is 0 Å². The van der Waals surface area contributed by atoms with Crippen LogP contribution in [0.4, 0.5) is 5.69 Å². The Balaban J connectivity index is 2.10. The first-order chi connectivity index (χ1) is 9.60. The highest BCUT2D eigenvalue weighted by molar-refractivity contribution is 6.01. The fourth-order valence-corrected chi connectivity index (χ4v) is 1.83. The maximum absolute atomic E-state index is 12.0. The van der Waals surface area contributed by atoms with Gasteiger partial charge in [-0.25, -0.2) is 13.9 Å². The number of nitrogens with one attached hydrogen (secondary N) is 1. The SMILES string of the molecule is COC(=O)c1ccccc1NC(=O)Cn1cc[n+](C)c1. The Morgan fingerprint density at radius 2 is 2.10 bits per heavy atom. The molecule has 0 bridgehead atoms. The number of rotatable bonds is 4. The van der Waals surface area contributed by atoms with Gasteiger partial charge in [-0.1, -0.05) is 12.1 Å². The molecule has 1 aromatic heterocycles. The molecule has 0 unspecified atom stereocenters. The second-order valence-electron chi connectivity index (χ2n) is 4.34. The summed E-state index contributed by atoms with van der Waals surface area (Å²) in [5, 5.41) is 2.71. The van der Waals surface area contributed by atoms with Crippen molar-refractivity contribution < 1.29 is 18.9 Å². The Morgan fingerprint density at radius 3 is 2.75 bits per heavy atom. The Labute approximate surface area is 116 Å². The standard InChI is InChI=1S/C14H15N3O3/c1-16-7-8-17(10-16)9-13(18)15-12-6-4-3-5-11(12)14(19)20-2/h3-8,10H,9H2,1-2H3/p+1. The van der Waals surface area contributed by atoms with Crippen LogP contribution < -0.4 is 9.88 Å². The van der Waals surface area contributed by atoms with Gasteiger partial charge in [-0.2, -0.15) is 0 Å². The van der Waals surface area contributed by atoms with Crippen molar-refractivity contribution in [2.75, 3.05) is 12.4 Å². The summed E-state index contributed by atoms with van der Waals surface area (Å²) in [6.45, 7) is 0.177.